The van der Waals surface area contributed by atoms with Crippen molar-refractivity contribution in [3.63, 3.8) is 0 Å². The molecule has 1 unspecified atom stereocenters. The Hall–Kier alpha value is -17.1. The number of methoxy groups -OCH3 is 3. The molecule has 758 valence electrons. The molecule has 32 nitrogen and oxygen atoms in total. The zero-order valence-corrected chi connectivity index (χ0v) is 84.5. The fourth-order valence-corrected chi connectivity index (χ4v) is 17.9. The maximum Gasteiger partial charge on any atom is 0.397 e. The van der Waals surface area contributed by atoms with Gasteiger partial charge in [-0.15, -0.1) is 34.0 Å². The number of para-hydroxylation sites is 1. The van der Waals surface area contributed by atoms with Crippen molar-refractivity contribution in [1.29, 1.82) is 0 Å². The highest BCUT2D eigenvalue weighted by Gasteiger charge is 2.34. The number of anilines is 1. The number of hydrazone groups is 1. The van der Waals surface area contributed by atoms with Crippen LogP contribution in [0.3, 0.4) is 0 Å². The van der Waals surface area contributed by atoms with Crippen LogP contribution in [0, 0.1) is 13.5 Å². The number of nitrogens with one attached hydrogen (secondary N) is 1. The monoisotopic (exact) mass is 2070 g/mol. The van der Waals surface area contributed by atoms with Gasteiger partial charge in [-0.2, -0.15) is 5.10 Å². The van der Waals surface area contributed by atoms with Crippen molar-refractivity contribution < 1.29 is 119 Å². The number of aryl methyl sites for hydroxylation is 2. The van der Waals surface area contributed by atoms with Gasteiger partial charge in [0, 0.05) is 30.2 Å². The summed E-state index contributed by atoms with van der Waals surface area (Å²) in [7, 11) is 4.26. The second-order valence-electron chi connectivity index (χ2n) is 32.1. The first-order chi connectivity index (χ1) is 72.0. The largest absolute Gasteiger partial charge is 0.497 e. The van der Waals surface area contributed by atoms with E-state index < -0.39 is 65.7 Å². The Kier molecular flexibility index (Phi) is 40.2. The Balaban J connectivity index is 0.000000186. The molecule has 4 heterocycles. The van der Waals surface area contributed by atoms with Crippen molar-refractivity contribution in [1.82, 2.24) is 19.9 Å². The Labute approximate surface area is 867 Å². The molecule has 0 saturated heterocycles. The number of carbonyl (C=O) groups is 10. The third-order valence-corrected chi connectivity index (χ3v) is 26.2. The predicted octanol–water partition coefficient (Wildman–Crippen LogP) is 23.6. The van der Waals surface area contributed by atoms with E-state index in [1.54, 1.807) is 142 Å². The number of thiazole rings is 4. The third kappa shape index (κ3) is 31.0. The molecule has 0 aliphatic rings. The molecule has 0 fully saturated rings. The van der Waals surface area contributed by atoms with Crippen molar-refractivity contribution in [3.8, 4) is 73.3 Å². The molecule has 11 aromatic carbocycles. The molecule has 15 aromatic rings. The molecule has 148 heavy (non-hydrogen) atoms. The normalized spacial score (nSPS) is 11.0. The Morgan fingerprint density at radius 3 is 1.28 bits per heavy atom. The second kappa shape index (κ2) is 55.1. The maximum absolute atomic E-state index is 13.3. The fourth-order valence-electron chi connectivity index (χ4n) is 13.9. The quantitative estimate of drug-likeness (QED) is 0.00541. The molecule has 0 spiro atoms. The molecule has 0 radical (unpaired) electrons. The average Bonchev–Trinajstić information content (AvgIpc) is 1.61. The molecule has 0 aliphatic heterocycles. The zero-order chi connectivity index (χ0) is 105. The van der Waals surface area contributed by atoms with E-state index in [4.69, 9.17) is 87.6 Å². The minimum Gasteiger partial charge on any atom is -0.497 e. The van der Waals surface area contributed by atoms with Crippen molar-refractivity contribution in [2.75, 3.05) is 66.4 Å². The predicted molar refractivity (Wildman–Crippen MR) is 563 cm³/mol. The van der Waals surface area contributed by atoms with Gasteiger partial charge < -0.3 is 71.1 Å². The van der Waals surface area contributed by atoms with Gasteiger partial charge >= 0.3 is 65.7 Å². The zero-order valence-electron chi connectivity index (χ0n) is 81.2. The summed E-state index contributed by atoms with van der Waals surface area (Å²) < 4.78 is 84.5. The Morgan fingerprint density at radius 2 is 0.797 bits per heavy atom. The molecule has 0 saturated carbocycles. The van der Waals surface area contributed by atoms with Gasteiger partial charge in [0.15, 0.2) is 38.0 Å². The van der Waals surface area contributed by atoms with Gasteiger partial charge in [0.2, 0.25) is 5.13 Å². The summed E-state index contributed by atoms with van der Waals surface area (Å²) in [6.07, 6.45) is 15.4. The lowest BCUT2D eigenvalue weighted by molar-refractivity contribution is -0.141. The lowest BCUT2D eigenvalue weighted by atomic mass is 10.1. The van der Waals surface area contributed by atoms with E-state index in [0.717, 1.165) is 132 Å². The standard InChI is InChI=1S/C39H34N2O8S2.C38H35N3O8S.C35H32N2O9S/c1-4-32(42)47-23-8-6-5-7-22-46-28-18-14-26(15-19-28)39(44)49-31-21-20-30(48-38(43)25-12-16-27(45-3)17-13-25)33-35(31)51-37(41-33)36-40-29-11-9-10-24(2)34(29)50-36;1-3-35(42)47-23-9-5-4-8-22-46-29-16-12-26(13-17-29)36(43)48-30-18-14-27(15-19-30)37(44)49-33-21-20-31(45-2)24-28(33)25-39-41-38-40-32-10-6-7-11-34(32)50-38;1-5-7-9-22-10-12-23(13-11-22)33(39)45-26-18-19-27(31-29(26)37-32(47-31)30(36-3)35(41)42-4)46-34(40)24-14-16-25(17-15-24)43-20-8-21-44-28(38)6-2/h4,9-21H,1,5-8,22-23H2,2-3H3;3,6-7,10-21,24-25H,1,4-5,8-9,22-23H2,2H3,(H,40,41);6,10-19,30H,2,5,7-9,20-21H2,1,4H3/b;39-25+;. The van der Waals surface area contributed by atoms with Gasteiger partial charge in [0.05, 0.1) is 121 Å². The van der Waals surface area contributed by atoms with Crippen LogP contribution in [-0.4, -0.2) is 147 Å². The SMILES string of the molecule is C=CC(=O)OCCCCCCOc1ccc(C(=O)Oc2ccc(C(=O)Oc3ccc(OC)cc3/C=N/Nc3nc4ccccc4s3)cc2)cc1.C=CC(=O)OCCCCCCOc1ccc(C(=O)Oc2ccc(OC(=O)c3ccc(OC)cc3)c3nc(-c4nc5cccc(C)c5s4)sc23)cc1.[C-]#[N+]C(C(=O)OC)c1nc2c(OC(=O)c3ccc(CCCC)cc3)ccc(OC(=O)c3ccc(OCCCOC(=O)C=C)cc3)c2s1. The average molecular weight is 2070 g/mol. The topological polar surface area (TPSA) is 389 Å². The summed E-state index contributed by atoms with van der Waals surface area (Å²) in [5.41, 5.74) is 9.75. The van der Waals surface area contributed by atoms with Crippen LogP contribution < -0.4 is 57.5 Å². The van der Waals surface area contributed by atoms with Crippen LogP contribution in [0.5, 0.6) is 63.2 Å². The highest BCUT2D eigenvalue weighted by Crippen LogP contribution is 2.45. The summed E-state index contributed by atoms with van der Waals surface area (Å²) in [5.74, 6) is -1.56. The lowest BCUT2D eigenvalue weighted by Crippen LogP contribution is -2.11. The number of hydrogen-bond acceptors (Lipinski definition) is 35. The Bertz CT molecular complexity index is 7270. The van der Waals surface area contributed by atoms with E-state index in [0.29, 0.717) is 119 Å². The minimum atomic E-state index is -1.36. The molecular formula is C112H101N7O25S4. The summed E-state index contributed by atoms with van der Waals surface area (Å²) in [5, 5.41) is 6.30. The summed E-state index contributed by atoms with van der Waals surface area (Å²) in [4.78, 5) is 146. The maximum atomic E-state index is 13.3. The van der Waals surface area contributed by atoms with Crippen LogP contribution >= 0.6 is 45.3 Å². The second-order valence-corrected chi connectivity index (χ2v) is 36.2. The van der Waals surface area contributed by atoms with Gasteiger partial charge in [0.1, 0.15) is 60.7 Å². The van der Waals surface area contributed by atoms with Gasteiger partial charge in [-0.25, -0.2) is 74.5 Å². The number of fused-ring (bicyclic) bond motifs is 4. The number of unbranched alkanes of at least 4 members (excludes halogenated alkanes) is 7. The summed E-state index contributed by atoms with van der Waals surface area (Å²) >= 11 is 5.25. The third-order valence-electron chi connectivity index (χ3n) is 21.7. The van der Waals surface area contributed by atoms with Crippen molar-refractivity contribution in [2.24, 2.45) is 5.10 Å². The Morgan fingerprint density at radius 1 is 0.392 bits per heavy atom. The van der Waals surface area contributed by atoms with Gasteiger partial charge in [0.25, 0.3) is 0 Å². The first-order valence-corrected chi connectivity index (χ1v) is 50.0. The molecule has 4 aromatic heterocycles. The van der Waals surface area contributed by atoms with E-state index >= 15 is 0 Å². The van der Waals surface area contributed by atoms with E-state index in [9.17, 15) is 47.9 Å². The van der Waals surface area contributed by atoms with Crippen LogP contribution in [0.2, 0.25) is 0 Å². The van der Waals surface area contributed by atoms with Crippen molar-refractivity contribution in [3.05, 3.63) is 335 Å². The molecule has 1 atom stereocenters. The lowest BCUT2D eigenvalue weighted by Gasteiger charge is -2.10. The summed E-state index contributed by atoms with van der Waals surface area (Å²) in [6.45, 7) is 24.0. The van der Waals surface area contributed by atoms with Gasteiger partial charge in [-0.3, -0.25) is 10.3 Å². The molecular weight excluding hydrogens is 1970 g/mol. The van der Waals surface area contributed by atoms with E-state index in [2.05, 4.69) is 52.0 Å². The fraction of sp³-hybridized carbons (Fsp3) is 0.214. The molecule has 1 N–H and O–H groups in total. The number of benzene rings is 11. The number of hydrogen-bond donors (Lipinski definition) is 1. The molecule has 36 heteroatoms. The smallest absolute Gasteiger partial charge is 0.397 e. The van der Waals surface area contributed by atoms with E-state index in [-0.39, 0.29) is 69.4 Å². The molecule has 0 aliphatic carbocycles. The number of rotatable bonds is 47. The first kappa shape index (κ1) is 108. The highest BCUT2D eigenvalue weighted by molar-refractivity contribution is 7.28. The molecule has 0 amide bonds. The number of nitrogens with zero attached hydrogens (tertiary/aromatic N) is 6. The molecule has 0 bridgehead atoms. The van der Waals surface area contributed by atoms with Crippen LogP contribution in [0.25, 0.3) is 55.7 Å². The van der Waals surface area contributed by atoms with Crippen LogP contribution in [-0.2, 0) is 44.5 Å². The number of aromatic nitrogens is 4. The summed E-state index contributed by atoms with van der Waals surface area (Å²) in [6, 6.07) is 62.9. The number of carbonyl (C=O) groups excluding carboxylic acids is 10. The van der Waals surface area contributed by atoms with Gasteiger partial charge in [-0.1, -0.05) is 80.8 Å². The number of esters is 10. The van der Waals surface area contributed by atoms with Gasteiger partial charge in [-0.05, 0) is 276 Å². The van der Waals surface area contributed by atoms with Crippen LogP contribution in [0.4, 0.5) is 5.13 Å². The first-order valence-electron chi connectivity index (χ1n) is 46.7. The van der Waals surface area contributed by atoms with Crippen molar-refractivity contribution >= 4 is 157 Å². The highest BCUT2D eigenvalue weighted by atomic mass is 32.1. The van der Waals surface area contributed by atoms with Crippen molar-refractivity contribution in [2.45, 2.75) is 96.9 Å². The molecule has 15 rings (SSSR count). The minimum absolute atomic E-state index is 0.0664. The van der Waals surface area contributed by atoms with E-state index in [1.165, 1.54) is 95.9 Å². The van der Waals surface area contributed by atoms with Crippen LogP contribution in [0.15, 0.2) is 274 Å². The van der Waals surface area contributed by atoms with Crippen LogP contribution in [0.1, 0.15) is 167 Å². The van der Waals surface area contributed by atoms with E-state index in [1.807, 2.05) is 61.5 Å². The number of ether oxygens (including phenoxy) is 15.